The third-order valence-corrected chi connectivity index (χ3v) is 2.77. The van der Waals surface area contributed by atoms with Gasteiger partial charge in [-0.05, 0) is 13.3 Å². The Hall–Kier alpha value is -1.92. The minimum Gasteiger partial charge on any atom is -0.356 e. The van der Waals surface area contributed by atoms with Gasteiger partial charge in [0.25, 0.3) is 0 Å². The first-order valence-corrected chi connectivity index (χ1v) is 6.73. The number of carbonyl (C=O) groups excluding carboxylic acids is 2. The minimum atomic E-state index is -0.400. The lowest BCUT2D eigenvalue weighted by atomic mass is 9.96. The molecule has 0 saturated heterocycles. The molecule has 1 aromatic rings. The lowest BCUT2D eigenvalue weighted by Crippen LogP contribution is -2.36. The van der Waals surface area contributed by atoms with E-state index in [-0.39, 0.29) is 17.9 Å². The summed E-state index contributed by atoms with van der Waals surface area (Å²) < 4.78 is 0. The zero-order chi connectivity index (χ0) is 15.2. The summed E-state index contributed by atoms with van der Waals surface area (Å²) in [5, 5.41) is 12.1. The van der Waals surface area contributed by atoms with E-state index in [0.717, 1.165) is 0 Å². The summed E-state index contributed by atoms with van der Waals surface area (Å²) in [6.45, 7) is 7.90. The Morgan fingerprint density at radius 1 is 1.40 bits per heavy atom. The van der Waals surface area contributed by atoms with Gasteiger partial charge in [0, 0.05) is 18.4 Å². The molecule has 7 heteroatoms. The second-order valence-electron chi connectivity index (χ2n) is 5.77. The van der Waals surface area contributed by atoms with Gasteiger partial charge in [0.1, 0.15) is 12.2 Å². The summed E-state index contributed by atoms with van der Waals surface area (Å²) in [6, 6.07) is -0.200. The van der Waals surface area contributed by atoms with Crippen molar-refractivity contribution in [1.82, 2.24) is 25.8 Å². The van der Waals surface area contributed by atoms with Gasteiger partial charge in [-0.25, -0.2) is 4.98 Å². The van der Waals surface area contributed by atoms with Crippen LogP contribution in [-0.4, -0.2) is 33.5 Å². The van der Waals surface area contributed by atoms with Crippen LogP contribution >= 0.6 is 0 Å². The topological polar surface area (TPSA) is 99.8 Å². The van der Waals surface area contributed by atoms with Crippen molar-refractivity contribution in [2.75, 3.05) is 6.54 Å². The number of H-pyrrole nitrogens is 1. The molecule has 7 nitrogen and oxygen atoms in total. The second-order valence-corrected chi connectivity index (χ2v) is 5.77. The monoisotopic (exact) mass is 281 g/mol. The largest absolute Gasteiger partial charge is 0.356 e. The maximum Gasteiger partial charge on any atom is 0.225 e. The SMILES string of the molecule is CC(NC(=O)CCCNC(=O)C(C)(C)C)c1ncn[nH]1. The highest BCUT2D eigenvalue weighted by Crippen LogP contribution is 2.12. The second kappa shape index (κ2) is 7.02. The molecule has 0 radical (unpaired) electrons. The number of rotatable bonds is 6. The van der Waals surface area contributed by atoms with Crippen molar-refractivity contribution in [2.24, 2.45) is 5.41 Å². The third-order valence-electron chi connectivity index (χ3n) is 2.77. The Morgan fingerprint density at radius 2 is 2.10 bits per heavy atom. The van der Waals surface area contributed by atoms with Crippen molar-refractivity contribution in [2.45, 2.75) is 46.6 Å². The van der Waals surface area contributed by atoms with Gasteiger partial charge in [-0.2, -0.15) is 5.10 Å². The number of carbonyl (C=O) groups is 2. The van der Waals surface area contributed by atoms with Gasteiger partial charge in [0.15, 0.2) is 0 Å². The average Bonchev–Trinajstić information content (AvgIpc) is 2.86. The first kappa shape index (κ1) is 16.1. The predicted molar refractivity (Wildman–Crippen MR) is 74.6 cm³/mol. The van der Waals surface area contributed by atoms with E-state index in [4.69, 9.17) is 0 Å². The Kier molecular flexibility index (Phi) is 5.66. The summed E-state index contributed by atoms with van der Waals surface area (Å²) in [6.07, 6.45) is 2.37. The van der Waals surface area contributed by atoms with Crippen molar-refractivity contribution in [3.8, 4) is 0 Å². The van der Waals surface area contributed by atoms with E-state index >= 15 is 0 Å². The highest BCUT2D eigenvalue weighted by atomic mass is 16.2. The van der Waals surface area contributed by atoms with Crippen LogP contribution in [0, 0.1) is 5.41 Å². The van der Waals surface area contributed by atoms with Gasteiger partial charge in [-0.1, -0.05) is 20.8 Å². The predicted octanol–water partition coefficient (Wildman–Crippen LogP) is 0.924. The average molecular weight is 281 g/mol. The molecule has 2 amide bonds. The molecule has 0 bridgehead atoms. The molecule has 0 aromatic carbocycles. The van der Waals surface area contributed by atoms with Gasteiger partial charge in [0.05, 0.1) is 6.04 Å². The van der Waals surface area contributed by atoms with Crippen LogP contribution in [0.25, 0.3) is 0 Å². The summed E-state index contributed by atoms with van der Waals surface area (Å²) in [5.74, 6) is 0.547. The van der Waals surface area contributed by atoms with Crippen LogP contribution in [0.5, 0.6) is 0 Å². The van der Waals surface area contributed by atoms with Crippen LogP contribution in [0.2, 0.25) is 0 Å². The zero-order valence-electron chi connectivity index (χ0n) is 12.5. The van der Waals surface area contributed by atoms with Gasteiger partial charge < -0.3 is 10.6 Å². The Bertz CT molecular complexity index is 436. The first-order chi connectivity index (χ1) is 9.30. The van der Waals surface area contributed by atoms with E-state index in [9.17, 15) is 9.59 Å². The molecule has 112 valence electrons. The molecule has 3 N–H and O–H groups in total. The highest BCUT2D eigenvalue weighted by Gasteiger charge is 2.20. The summed E-state index contributed by atoms with van der Waals surface area (Å²) >= 11 is 0. The van der Waals surface area contributed by atoms with Gasteiger partial charge in [0.2, 0.25) is 11.8 Å². The number of amides is 2. The summed E-state index contributed by atoms with van der Waals surface area (Å²) in [4.78, 5) is 27.3. The van der Waals surface area contributed by atoms with Crippen molar-refractivity contribution >= 4 is 11.8 Å². The molecule has 0 spiro atoms. The maximum absolute atomic E-state index is 11.7. The standard InChI is InChI=1S/C13H23N5O2/c1-9(11-15-8-16-18-11)17-10(19)6-5-7-14-12(20)13(2,3)4/h8-9H,5-7H2,1-4H3,(H,14,20)(H,17,19)(H,15,16,18). The minimum absolute atomic E-state index is 0.00654. The number of aromatic nitrogens is 3. The fourth-order valence-electron chi connectivity index (χ4n) is 1.52. The first-order valence-electron chi connectivity index (χ1n) is 6.73. The number of hydrogen-bond acceptors (Lipinski definition) is 4. The fraction of sp³-hybridized carbons (Fsp3) is 0.692. The van der Waals surface area contributed by atoms with Gasteiger partial charge >= 0.3 is 0 Å². The fourth-order valence-corrected chi connectivity index (χ4v) is 1.52. The summed E-state index contributed by atoms with van der Waals surface area (Å²) in [5.41, 5.74) is -0.400. The van der Waals surface area contributed by atoms with Gasteiger partial charge in [-0.15, -0.1) is 0 Å². The molecule has 1 aromatic heterocycles. The van der Waals surface area contributed by atoms with Crippen molar-refractivity contribution in [1.29, 1.82) is 0 Å². The van der Waals surface area contributed by atoms with Crippen molar-refractivity contribution in [3.05, 3.63) is 12.2 Å². The molecule has 0 aliphatic carbocycles. The van der Waals surface area contributed by atoms with Crippen LogP contribution in [0.3, 0.4) is 0 Å². The normalized spacial score (nSPS) is 12.8. The molecule has 0 saturated carbocycles. The maximum atomic E-state index is 11.7. The van der Waals surface area contributed by atoms with Crippen molar-refractivity contribution < 1.29 is 9.59 Å². The third kappa shape index (κ3) is 5.38. The molecule has 1 atom stereocenters. The lowest BCUT2D eigenvalue weighted by Gasteiger charge is -2.17. The smallest absolute Gasteiger partial charge is 0.225 e. The quantitative estimate of drug-likeness (QED) is 0.675. The molecule has 0 fully saturated rings. The molecule has 1 rings (SSSR count). The lowest BCUT2D eigenvalue weighted by molar-refractivity contribution is -0.128. The molecule has 0 aliphatic heterocycles. The van der Waals surface area contributed by atoms with Crippen LogP contribution in [-0.2, 0) is 9.59 Å². The van der Waals surface area contributed by atoms with Gasteiger partial charge in [-0.3, -0.25) is 14.7 Å². The van der Waals surface area contributed by atoms with Crippen LogP contribution in [0.4, 0.5) is 0 Å². The summed E-state index contributed by atoms with van der Waals surface area (Å²) in [7, 11) is 0. The molecule has 1 heterocycles. The molecule has 20 heavy (non-hydrogen) atoms. The molecular weight excluding hydrogens is 258 g/mol. The van der Waals surface area contributed by atoms with E-state index in [0.29, 0.717) is 25.2 Å². The van der Waals surface area contributed by atoms with E-state index in [1.165, 1.54) is 6.33 Å². The molecular formula is C13H23N5O2. The van der Waals surface area contributed by atoms with Crippen molar-refractivity contribution in [3.63, 3.8) is 0 Å². The van der Waals surface area contributed by atoms with E-state index in [1.807, 2.05) is 27.7 Å². The van der Waals surface area contributed by atoms with Crippen LogP contribution in [0.1, 0.15) is 52.4 Å². The Balaban J connectivity index is 2.19. The number of hydrogen-bond donors (Lipinski definition) is 3. The number of aromatic amines is 1. The van der Waals surface area contributed by atoms with E-state index < -0.39 is 5.41 Å². The highest BCUT2D eigenvalue weighted by molar-refractivity contribution is 5.81. The Morgan fingerprint density at radius 3 is 2.65 bits per heavy atom. The molecule has 0 aliphatic rings. The Labute approximate surface area is 118 Å². The number of nitrogens with zero attached hydrogens (tertiary/aromatic N) is 2. The van der Waals surface area contributed by atoms with Crippen LogP contribution in [0.15, 0.2) is 6.33 Å². The van der Waals surface area contributed by atoms with E-state index in [2.05, 4.69) is 25.8 Å². The zero-order valence-corrected chi connectivity index (χ0v) is 12.5. The van der Waals surface area contributed by atoms with Crippen LogP contribution < -0.4 is 10.6 Å². The number of nitrogens with one attached hydrogen (secondary N) is 3. The van der Waals surface area contributed by atoms with E-state index in [1.54, 1.807) is 0 Å². The molecule has 1 unspecified atom stereocenters.